The Morgan fingerprint density at radius 3 is 2.72 bits per heavy atom. The van der Waals surface area contributed by atoms with Gasteiger partial charge in [0.1, 0.15) is 0 Å². The summed E-state index contributed by atoms with van der Waals surface area (Å²) in [6, 6.07) is 3.37. The lowest BCUT2D eigenvalue weighted by molar-refractivity contribution is 0.0580. The zero-order valence-electron chi connectivity index (χ0n) is 10.4. The minimum absolute atomic E-state index is 0.130. The van der Waals surface area contributed by atoms with Gasteiger partial charge < -0.3 is 20.3 Å². The summed E-state index contributed by atoms with van der Waals surface area (Å²) in [5, 5.41) is 10.2. The Labute approximate surface area is 115 Å². The van der Waals surface area contributed by atoms with Gasteiger partial charge in [-0.2, -0.15) is 0 Å². The Balaban J connectivity index is 2.30. The first kappa shape index (κ1) is 13.6. The van der Waals surface area contributed by atoms with Crippen LogP contribution in [0.2, 0.25) is 0 Å². The lowest BCUT2D eigenvalue weighted by Crippen LogP contribution is -2.27. The third-order valence-corrected chi connectivity index (χ3v) is 4.15. The number of halogens is 1. The number of hydrogen-bond acceptors (Lipinski definition) is 4. The van der Waals surface area contributed by atoms with Gasteiger partial charge in [-0.25, -0.2) is 0 Å². The van der Waals surface area contributed by atoms with Crippen LogP contribution < -0.4 is 10.5 Å². The normalized spacial score (nSPS) is 18.6. The molecule has 1 fully saturated rings. The first-order valence-corrected chi connectivity index (χ1v) is 6.83. The first-order chi connectivity index (χ1) is 8.65. The number of methoxy groups -OCH3 is 1. The zero-order chi connectivity index (χ0) is 13.1. The molecule has 2 rings (SSSR count). The van der Waals surface area contributed by atoms with E-state index in [0.29, 0.717) is 11.7 Å². The van der Waals surface area contributed by atoms with Crippen LogP contribution in [-0.4, -0.2) is 25.4 Å². The predicted octanol–water partition coefficient (Wildman–Crippen LogP) is 2.59. The fourth-order valence-corrected chi connectivity index (χ4v) is 2.94. The van der Waals surface area contributed by atoms with Gasteiger partial charge in [-0.15, -0.1) is 0 Å². The molecule has 1 aromatic rings. The highest BCUT2D eigenvalue weighted by Crippen LogP contribution is 2.42. The van der Waals surface area contributed by atoms with Crippen molar-refractivity contribution in [3.8, 4) is 11.5 Å². The van der Waals surface area contributed by atoms with E-state index in [1.807, 2.05) is 6.07 Å². The van der Waals surface area contributed by atoms with E-state index in [1.54, 1.807) is 6.07 Å². The van der Waals surface area contributed by atoms with Crippen molar-refractivity contribution in [3.63, 3.8) is 0 Å². The zero-order valence-corrected chi connectivity index (χ0v) is 11.9. The van der Waals surface area contributed by atoms with Gasteiger partial charge in [0.05, 0.1) is 7.11 Å². The van der Waals surface area contributed by atoms with Gasteiger partial charge in [0, 0.05) is 29.3 Å². The Hall–Kier alpha value is -0.780. The molecule has 0 amide bonds. The average Bonchev–Trinajstić information content (AvgIpc) is 2.40. The molecule has 0 aromatic heterocycles. The molecule has 18 heavy (non-hydrogen) atoms. The van der Waals surface area contributed by atoms with Crippen LogP contribution in [0, 0.1) is 5.92 Å². The van der Waals surface area contributed by atoms with E-state index in [-0.39, 0.29) is 11.8 Å². The number of hydrogen-bond donors (Lipinski definition) is 2. The molecule has 1 atom stereocenters. The van der Waals surface area contributed by atoms with E-state index in [9.17, 15) is 5.11 Å². The van der Waals surface area contributed by atoms with Crippen LogP contribution in [-0.2, 0) is 4.74 Å². The summed E-state index contributed by atoms with van der Waals surface area (Å²) in [7, 11) is 1.53. The molecule has 1 aromatic carbocycles. The van der Waals surface area contributed by atoms with Gasteiger partial charge in [0.2, 0.25) is 0 Å². The molecule has 4 nitrogen and oxygen atoms in total. The maximum atomic E-state index is 10.2. The first-order valence-electron chi connectivity index (χ1n) is 6.03. The Morgan fingerprint density at radius 1 is 1.44 bits per heavy atom. The quantitative estimate of drug-likeness (QED) is 0.900. The minimum Gasteiger partial charge on any atom is -0.504 e. The fourth-order valence-electron chi connectivity index (χ4n) is 2.36. The number of rotatable bonds is 3. The van der Waals surface area contributed by atoms with Gasteiger partial charge >= 0.3 is 0 Å². The van der Waals surface area contributed by atoms with Crippen LogP contribution in [0.25, 0.3) is 0 Å². The fraction of sp³-hybridized carbons (Fsp3) is 0.538. The topological polar surface area (TPSA) is 64.7 Å². The standard InChI is InChI=1S/C13H18BrNO3/c1-17-10-3-2-9(14)11(13(10)16)12(15)8-4-6-18-7-5-8/h2-3,8,12,16H,4-7,15H2,1H3/t12-/m0/s1. The molecule has 100 valence electrons. The van der Waals surface area contributed by atoms with Crippen LogP contribution in [0.3, 0.4) is 0 Å². The lowest BCUT2D eigenvalue weighted by atomic mass is 9.87. The van der Waals surface area contributed by atoms with Crippen LogP contribution >= 0.6 is 15.9 Å². The van der Waals surface area contributed by atoms with Crippen LogP contribution in [0.1, 0.15) is 24.4 Å². The largest absolute Gasteiger partial charge is 0.504 e. The number of phenols is 1. The molecule has 5 heteroatoms. The molecule has 0 saturated carbocycles. The van der Waals surface area contributed by atoms with Gasteiger partial charge in [-0.3, -0.25) is 0 Å². The summed E-state index contributed by atoms with van der Waals surface area (Å²) in [6.45, 7) is 1.47. The van der Waals surface area contributed by atoms with Gasteiger partial charge in [0.25, 0.3) is 0 Å². The second-order valence-corrected chi connectivity index (χ2v) is 5.34. The van der Waals surface area contributed by atoms with E-state index < -0.39 is 0 Å². The molecule has 3 N–H and O–H groups in total. The average molecular weight is 316 g/mol. The SMILES string of the molecule is COc1ccc(Br)c([C@@H](N)C2CCOCC2)c1O. The smallest absolute Gasteiger partial charge is 0.163 e. The summed E-state index contributed by atoms with van der Waals surface area (Å²) in [6.07, 6.45) is 1.84. The van der Waals surface area contributed by atoms with Gasteiger partial charge in [-0.1, -0.05) is 15.9 Å². The Kier molecular flexibility index (Phi) is 4.48. The monoisotopic (exact) mass is 315 g/mol. The highest BCUT2D eigenvalue weighted by atomic mass is 79.9. The van der Waals surface area contributed by atoms with Crippen molar-refractivity contribution < 1.29 is 14.6 Å². The molecule has 1 heterocycles. The molecule has 0 spiro atoms. The Morgan fingerprint density at radius 2 is 2.11 bits per heavy atom. The maximum Gasteiger partial charge on any atom is 0.163 e. The number of ether oxygens (including phenoxy) is 2. The molecule has 0 unspecified atom stereocenters. The van der Waals surface area contributed by atoms with Gasteiger partial charge in [-0.05, 0) is 30.9 Å². The molecule has 0 radical (unpaired) electrons. The van der Waals surface area contributed by atoms with Crippen molar-refractivity contribution in [2.24, 2.45) is 11.7 Å². The molecule has 1 aliphatic heterocycles. The third kappa shape index (κ3) is 2.63. The van der Waals surface area contributed by atoms with Crippen molar-refractivity contribution >= 4 is 15.9 Å². The second kappa shape index (κ2) is 5.91. The van der Waals surface area contributed by atoms with Gasteiger partial charge in [0.15, 0.2) is 11.5 Å². The highest BCUT2D eigenvalue weighted by molar-refractivity contribution is 9.10. The summed E-state index contributed by atoms with van der Waals surface area (Å²) in [5.41, 5.74) is 7.02. The van der Waals surface area contributed by atoms with E-state index in [0.717, 1.165) is 36.1 Å². The molecule has 0 bridgehead atoms. The van der Waals surface area contributed by atoms with E-state index in [4.69, 9.17) is 15.2 Å². The number of aromatic hydroxyl groups is 1. The van der Waals surface area contributed by atoms with Crippen molar-refractivity contribution in [1.82, 2.24) is 0 Å². The Bertz CT molecular complexity index is 419. The van der Waals surface area contributed by atoms with Crippen molar-refractivity contribution in [1.29, 1.82) is 0 Å². The highest BCUT2D eigenvalue weighted by Gasteiger charge is 2.27. The summed E-state index contributed by atoms with van der Waals surface area (Å²) < 4.78 is 11.3. The predicted molar refractivity (Wildman–Crippen MR) is 72.8 cm³/mol. The van der Waals surface area contributed by atoms with Crippen LogP contribution in [0.5, 0.6) is 11.5 Å². The molecule has 1 saturated heterocycles. The van der Waals surface area contributed by atoms with Crippen molar-refractivity contribution in [2.75, 3.05) is 20.3 Å². The van der Waals surface area contributed by atoms with E-state index in [1.165, 1.54) is 7.11 Å². The summed E-state index contributed by atoms with van der Waals surface area (Å²) in [4.78, 5) is 0. The minimum atomic E-state index is -0.210. The molecule has 1 aliphatic rings. The van der Waals surface area contributed by atoms with E-state index >= 15 is 0 Å². The lowest BCUT2D eigenvalue weighted by Gasteiger charge is -2.29. The van der Waals surface area contributed by atoms with Crippen LogP contribution in [0.15, 0.2) is 16.6 Å². The summed E-state index contributed by atoms with van der Waals surface area (Å²) >= 11 is 3.45. The van der Waals surface area contributed by atoms with Crippen molar-refractivity contribution in [2.45, 2.75) is 18.9 Å². The number of phenolic OH excluding ortho intramolecular Hbond substituents is 1. The summed E-state index contributed by atoms with van der Waals surface area (Å²) in [5.74, 6) is 0.912. The molecular formula is C13H18BrNO3. The number of benzene rings is 1. The molecule has 0 aliphatic carbocycles. The number of nitrogens with two attached hydrogens (primary N) is 1. The second-order valence-electron chi connectivity index (χ2n) is 4.49. The molecular weight excluding hydrogens is 298 g/mol. The van der Waals surface area contributed by atoms with Crippen LogP contribution in [0.4, 0.5) is 0 Å². The third-order valence-electron chi connectivity index (χ3n) is 3.45. The maximum absolute atomic E-state index is 10.2. The van der Waals surface area contributed by atoms with Crippen molar-refractivity contribution in [3.05, 3.63) is 22.2 Å². The van der Waals surface area contributed by atoms with E-state index in [2.05, 4.69) is 15.9 Å².